The Morgan fingerprint density at radius 3 is 2.32 bits per heavy atom. The topological polar surface area (TPSA) is 91.5 Å². The maximum Gasteiger partial charge on any atom is 0.229 e. The average molecular weight is 268 g/mol. The van der Waals surface area contributed by atoms with E-state index in [9.17, 15) is 0 Å². The van der Waals surface area contributed by atoms with Gasteiger partial charge in [0.25, 0.3) is 0 Å². The molecule has 0 bridgehead atoms. The van der Waals surface area contributed by atoms with Gasteiger partial charge in [-0.1, -0.05) is 0 Å². The molecule has 3 N–H and O–H groups in total. The van der Waals surface area contributed by atoms with Crippen LogP contribution in [-0.2, 0) is 4.74 Å². The molecular formula is C12H20N4O3. The quantitative estimate of drug-likeness (QED) is 0.799. The van der Waals surface area contributed by atoms with Crippen LogP contribution in [0.1, 0.15) is 12.8 Å². The van der Waals surface area contributed by atoms with Crippen molar-refractivity contribution in [3.05, 3.63) is 6.07 Å². The molecule has 1 aliphatic heterocycles. The van der Waals surface area contributed by atoms with E-state index in [0.29, 0.717) is 37.5 Å². The minimum atomic E-state index is -0.227. The lowest BCUT2D eigenvalue weighted by molar-refractivity contribution is 0.0625. The zero-order chi connectivity index (χ0) is 13.7. The maximum absolute atomic E-state index is 5.89. The highest BCUT2D eigenvalue weighted by molar-refractivity contribution is 5.36. The van der Waals surface area contributed by atoms with Crippen LogP contribution in [0.3, 0.4) is 0 Å². The molecule has 0 spiro atoms. The fourth-order valence-electron chi connectivity index (χ4n) is 2.05. The fraction of sp³-hybridized carbons (Fsp3) is 0.667. The molecular weight excluding hydrogens is 248 g/mol. The smallest absolute Gasteiger partial charge is 0.229 e. The summed E-state index contributed by atoms with van der Waals surface area (Å²) in [5, 5.41) is 3.31. The van der Waals surface area contributed by atoms with E-state index in [-0.39, 0.29) is 5.54 Å². The fourth-order valence-corrected chi connectivity index (χ4v) is 2.05. The van der Waals surface area contributed by atoms with Gasteiger partial charge in [0, 0.05) is 19.8 Å². The number of hydrogen-bond donors (Lipinski definition) is 2. The Kier molecular flexibility index (Phi) is 4.39. The summed E-state index contributed by atoms with van der Waals surface area (Å²) in [5.41, 5.74) is 5.66. The van der Waals surface area contributed by atoms with Gasteiger partial charge >= 0.3 is 0 Å². The first-order valence-corrected chi connectivity index (χ1v) is 6.24. The lowest BCUT2D eigenvalue weighted by Crippen LogP contribution is -2.50. The minimum absolute atomic E-state index is 0.227. The molecule has 0 atom stereocenters. The second-order valence-corrected chi connectivity index (χ2v) is 4.50. The van der Waals surface area contributed by atoms with Crippen molar-refractivity contribution in [2.24, 2.45) is 5.73 Å². The van der Waals surface area contributed by atoms with E-state index in [0.717, 1.165) is 12.8 Å². The summed E-state index contributed by atoms with van der Waals surface area (Å²) in [5.74, 6) is 1.37. The van der Waals surface area contributed by atoms with Crippen LogP contribution in [0.2, 0.25) is 0 Å². The van der Waals surface area contributed by atoms with E-state index in [1.165, 1.54) is 0 Å². The van der Waals surface area contributed by atoms with Gasteiger partial charge in [-0.25, -0.2) is 0 Å². The Balaban J connectivity index is 2.20. The summed E-state index contributed by atoms with van der Waals surface area (Å²) in [6.07, 6.45) is 1.65. The van der Waals surface area contributed by atoms with Gasteiger partial charge in [0.1, 0.15) is 0 Å². The van der Waals surface area contributed by atoms with E-state index in [4.69, 9.17) is 19.9 Å². The molecule has 1 aromatic rings. The van der Waals surface area contributed by atoms with Crippen molar-refractivity contribution in [1.29, 1.82) is 0 Å². The van der Waals surface area contributed by atoms with Crippen molar-refractivity contribution in [2.45, 2.75) is 18.4 Å². The highest BCUT2D eigenvalue weighted by atomic mass is 16.5. The van der Waals surface area contributed by atoms with Crippen LogP contribution in [0.15, 0.2) is 6.07 Å². The Morgan fingerprint density at radius 2 is 1.84 bits per heavy atom. The predicted molar refractivity (Wildman–Crippen MR) is 70.6 cm³/mol. The number of nitrogens with one attached hydrogen (secondary N) is 1. The maximum atomic E-state index is 5.89. The zero-order valence-corrected chi connectivity index (χ0v) is 11.3. The van der Waals surface area contributed by atoms with Crippen molar-refractivity contribution in [3.63, 3.8) is 0 Å². The van der Waals surface area contributed by atoms with Crippen LogP contribution in [0.25, 0.3) is 0 Å². The number of nitrogens with zero attached hydrogens (tertiary/aromatic N) is 2. The number of nitrogens with two attached hydrogens (primary N) is 1. The van der Waals surface area contributed by atoms with Crippen molar-refractivity contribution in [2.75, 3.05) is 39.3 Å². The van der Waals surface area contributed by atoms with Crippen LogP contribution in [-0.4, -0.2) is 49.5 Å². The van der Waals surface area contributed by atoms with Gasteiger partial charge in [-0.15, -0.1) is 0 Å². The van der Waals surface area contributed by atoms with E-state index in [1.54, 1.807) is 20.3 Å². The van der Waals surface area contributed by atoms with Gasteiger partial charge < -0.3 is 25.3 Å². The van der Waals surface area contributed by atoms with Crippen molar-refractivity contribution in [3.8, 4) is 11.8 Å². The predicted octanol–water partition coefficient (Wildman–Crippen LogP) is 0.414. The van der Waals surface area contributed by atoms with E-state index < -0.39 is 0 Å². The second kappa shape index (κ2) is 6.03. The number of aromatic nitrogens is 2. The molecule has 0 saturated carbocycles. The van der Waals surface area contributed by atoms with Crippen LogP contribution < -0.4 is 20.5 Å². The van der Waals surface area contributed by atoms with Crippen LogP contribution in [0, 0.1) is 0 Å². The van der Waals surface area contributed by atoms with Gasteiger partial charge in [0.2, 0.25) is 17.7 Å². The number of hydrogen-bond acceptors (Lipinski definition) is 7. The van der Waals surface area contributed by atoms with E-state index >= 15 is 0 Å². The number of anilines is 1. The minimum Gasteiger partial charge on any atom is -0.481 e. The summed E-state index contributed by atoms with van der Waals surface area (Å²) in [6.45, 7) is 1.87. The van der Waals surface area contributed by atoms with Crippen LogP contribution >= 0.6 is 0 Å². The van der Waals surface area contributed by atoms with Crippen molar-refractivity contribution < 1.29 is 14.2 Å². The molecule has 1 aromatic heterocycles. The summed E-state index contributed by atoms with van der Waals surface area (Å²) < 4.78 is 15.6. The normalized spacial score (nSPS) is 17.8. The first kappa shape index (κ1) is 13.8. The largest absolute Gasteiger partial charge is 0.481 e. The molecule has 1 aliphatic rings. The van der Waals surface area contributed by atoms with Gasteiger partial charge in [-0.05, 0) is 12.8 Å². The van der Waals surface area contributed by atoms with Crippen LogP contribution in [0.4, 0.5) is 5.95 Å². The van der Waals surface area contributed by atoms with Gasteiger partial charge in [-0.2, -0.15) is 9.97 Å². The molecule has 0 radical (unpaired) electrons. The standard InChI is InChI=1S/C12H20N4O3/c1-17-9-7-10(18-2)15-11(14-9)16-12(8-13)3-5-19-6-4-12/h7H,3-6,8,13H2,1-2H3,(H,14,15,16). The summed E-state index contributed by atoms with van der Waals surface area (Å²) in [4.78, 5) is 8.53. The Labute approximate surface area is 112 Å². The third kappa shape index (κ3) is 3.24. The SMILES string of the molecule is COc1cc(OC)nc(NC2(CN)CCOCC2)n1. The lowest BCUT2D eigenvalue weighted by atomic mass is 9.90. The summed E-state index contributed by atoms with van der Waals surface area (Å²) in [6, 6.07) is 1.63. The molecule has 0 aliphatic carbocycles. The average Bonchev–Trinajstić information content (AvgIpc) is 2.47. The highest BCUT2D eigenvalue weighted by Crippen LogP contribution is 2.25. The molecule has 1 saturated heterocycles. The van der Waals surface area contributed by atoms with Gasteiger partial charge in [0.15, 0.2) is 0 Å². The van der Waals surface area contributed by atoms with E-state index in [2.05, 4.69) is 15.3 Å². The molecule has 7 heteroatoms. The first-order chi connectivity index (χ1) is 9.21. The molecule has 19 heavy (non-hydrogen) atoms. The Morgan fingerprint density at radius 1 is 1.26 bits per heavy atom. The Bertz CT molecular complexity index is 399. The van der Waals surface area contributed by atoms with Crippen molar-refractivity contribution in [1.82, 2.24) is 9.97 Å². The van der Waals surface area contributed by atoms with Crippen LogP contribution in [0.5, 0.6) is 11.8 Å². The molecule has 106 valence electrons. The van der Waals surface area contributed by atoms with Crippen molar-refractivity contribution >= 4 is 5.95 Å². The summed E-state index contributed by atoms with van der Waals surface area (Å²) >= 11 is 0. The molecule has 1 fully saturated rings. The molecule has 0 unspecified atom stereocenters. The zero-order valence-electron chi connectivity index (χ0n) is 11.3. The Hall–Kier alpha value is -1.60. The van der Waals surface area contributed by atoms with Gasteiger partial charge in [0.05, 0.1) is 25.8 Å². The lowest BCUT2D eigenvalue weighted by Gasteiger charge is -2.36. The molecule has 7 nitrogen and oxygen atoms in total. The molecule has 0 amide bonds. The highest BCUT2D eigenvalue weighted by Gasteiger charge is 2.32. The van der Waals surface area contributed by atoms with Gasteiger partial charge in [-0.3, -0.25) is 0 Å². The molecule has 0 aromatic carbocycles. The first-order valence-electron chi connectivity index (χ1n) is 6.24. The number of methoxy groups -OCH3 is 2. The second-order valence-electron chi connectivity index (χ2n) is 4.50. The number of ether oxygens (including phenoxy) is 3. The third-order valence-corrected chi connectivity index (χ3v) is 3.32. The molecule has 2 heterocycles. The summed E-state index contributed by atoms with van der Waals surface area (Å²) in [7, 11) is 3.11. The number of rotatable bonds is 5. The van der Waals surface area contributed by atoms with E-state index in [1.807, 2.05) is 0 Å². The molecule has 2 rings (SSSR count). The third-order valence-electron chi connectivity index (χ3n) is 3.32. The monoisotopic (exact) mass is 268 g/mol.